The molecule has 2 atom stereocenters. The van der Waals surface area contributed by atoms with Gasteiger partial charge in [0.15, 0.2) is 0 Å². The molecule has 2 heterocycles. The van der Waals surface area contributed by atoms with Gasteiger partial charge in [-0.25, -0.2) is 4.98 Å². The van der Waals surface area contributed by atoms with Gasteiger partial charge < -0.3 is 10.3 Å². The molecule has 0 saturated carbocycles. The second kappa shape index (κ2) is 4.00. The van der Waals surface area contributed by atoms with Gasteiger partial charge in [-0.1, -0.05) is 6.92 Å². The molecule has 1 aliphatic heterocycles. The molecule has 2 N–H and O–H groups in total. The van der Waals surface area contributed by atoms with E-state index >= 15 is 0 Å². The predicted octanol–water partition coefficient (Wildman–Crippen LogP) is 2.84. The maximum atomic E-state index is 4.65. The molecular formula is C12H14IN3. The van der Waals surface area contributed by atoms with Gasteiger partial charge in [-0.3, -0.25) is 0 Å². The van der Waals surface area contributed by atoms with Crippen LogP contribution in [0.4, 0.5) is 0 Å². The highest BCUT2D eigenvalue weighted by molar-refractivity contribution is 14.1. The van der Waals surface area contributed by atoms with Crippen LogP contribution in [0, 0.1) is 9.49 Å². The maximum Gasteiger partial charge on any atom is 0.124 e. The number of halogens is 1. The highest BCUT2D eigenvalue weighted by Gasteiger charge is 2.24. The lowest BCUT2D eigenvalue weighted by Crippen LogP contribution is -2.14. The highest BCUT2D eigenvalue weighted by atomic mass is 127. The first-order chi connectivity index (χ1) is 7.72. The summed E-state index contributed by atoms with van der Waals surface area (Å²) < 4.78 is 1.24. The van der Waals surface area contributed by atoms with Crippen molar-refractivity contribution in [3.05, 3.63) is 27.6 Å². The molecule has 2 aromatic rings. The van der Waals surface area contributed by atoms with E-state index in [9.17, 15) is 0 Å². The van der Waals surface area contributed by atoms with Gasteiger partial charge in [-0.05, 0) is 59.7 Å². The minimum atomic E-state index is 0.403. The molecular weight excluding hydrogens is 313 g/mol. The SMILES string of the molecule is CC1CNC(c2nc3ccc(I)cc3[nH]2)C1. The Morgan fingerprint density at radius 3 is 3.06 bits per heavy atom. The number of nitrogens with one attached hydrogen (secondary N) is 2. The van der Waals surface area contributed by atoms with Crippen LogP contribution in [0.25, 0.3) is 11.0 Å². The zero-order valence-corrected chi connectivity index (χ0v) is 11.3. The molecule has 0 amide bonds. The number of aromatic nitrogens is 2. The molecule has 16 heavy (non-hydrogen) atoms. The van der Waals surface area contributed by atoms with E-state index in [0.717, 1.165) is 29.3 Å². The quantitative estimate of drug-likeness (QED) is 0.791. The molecule has 0 aliphatic carbocycles. The zero-order chi connectivity index (χ0) is 11.1. The average molecular weight is 327 g/mol. The Bertz CT molecular complexity index is 520. The van der Waals surface area contributed by atoms with E-state index in [2.05, 4.69) is 63.0 Å². The number of hydrogen-bond donors (Lipinski definition) is 2. The third-order valence-electron chi connectivity index (χ3n) is 3.14. The number of hydrogen-bond acceptors (Lipinski definition) is 2. The monoisotopic (exact) mass is 327 g/mol. The van der Waals surface area contributed by atoms with Crippen LogP contribution in [-0.2, 0) is 0 Å². The Hall–Kier alpha value is -0.620. The van der Waals surface area contributed by atoms with Crippen LogP contribution >= 0.6 is 22.6 Å². The number of aromatic amines is 1. The first-order valence-electron chi connectivity index (χ1n) is 5.61. The summed E-state index contributed by atoms with van der Waals surface area (Å²) in [6.45, 7) is 3.37. The number of benzene rings is 1. The Labute approximate surface area is 108 Å². The van der Waals surface area contributed by atoms with Crippen molar-refractivity contribution in [3.8, 4) is 0 Å². The maximum absolute atomic E-state index is 4.65. The van der Waals surface area contributed by atoms with Crippen LogP contribution in [0.15, 0.2) is 18.2 Å². The molecule has 3 nitrogen and oxygen atoms in total. The minimum Gasteiger partial charge on any atom is -0.341 e. The van der Waals surface area contributed by atoms with Crippen LogP contribution in [-0.4, -0.2) is 16.5 Å². The normalized spacial score (nSPS) is 25.4. The van der Waals surface area contributed by atoms with Crippen molar-refractivity contribution in [2.45, 2.75) is 19.4 Å². The molecule has 1 fully saturated rings. The van der Waals surface area contributed by atoms with E-state index < -0.39 is 0 Å². The fourth-order valence-electron chi connectivity index (χ4n) is 2.29. The number of fused-ring (bicyclic) bond motifs is 1. The summed E-state index contributed by atoms with van der Waals surface area (Å²) in [6, 6.07) is 6.72. The third kappa shape index (κ3) is 1.84. The highest BCUT2D eigenvalue weighted by Crippen LogP contribution is 2.26. The minimum absolute atomic E-state index is 0.403. The molecule has 1 aromatic heterocycles. The summed E-state index contributed by atoms with van der Waals surface area (Å²) >= 11 is 2.33. The molecule has 1 saturated heterocycles. The second-order valence-electron chi connectivity index (χ2n) is 4.59. The second-order valence-corrected chi connectivity index (χ2v) is 5.83. The van der Waals surface area contributed by atoms with Crippen molar-refractivity contribution >= 4 is 33.6 Å². The van der Waals surface area contributed by atoms with Crippen LogP contribution < -0.4 is 5.32 Å². The topological polar surface area (TPSA) is 40.7 Å². The number of rotatable bonds is 1. The number of H-pyrrole nitrogens is 1. The lowest BCUT2D eigenvalue weighted by Gasteiger charge is -2.04. The van der Waals surface area contributed by atoms with Gasteiger partial charge in [0.1, 0.15) is 5.82 Å². The molecule has 84 valence electrons. The summed E-state index contributed by atoms with van der Waals surface area (Å²) in [5.74, 6) is 1.83. The van der Waals surface area contributed by atoms with E-state index in [1.54, 1.807) is 0 Å². The molecule has 0 spiro atoms. The molecule has 1 aliphatic rings. The van der Waals surface area contributed by atoms with Gasteiger partial charge >= 0.3 is 0 Å². The van der Waals surface area contributed by atoms with Gasteiger partial charge in [0.2, 0.25) is 0 Å². The van der Waals surface area contributed by atoms with E-state index in [1.807, 2.05) is 0 Å². The summed E-state index contributed by atoms with van der Waals surface area (Å²) in [5, 5.41) is 3.50. The number of imidazole rings is 1. The van der Waals surface area contributed by atoms with Gasteiger partial charge in [-0.2, -0.15) is 0 Å². The van der Waals surface area contributed by atoms with E-state index in [0.29, 0.717) is 6.04 Å². The summed E-state index contributed by atoms with van der Waals surface area (Å²) in [4.78, 5) is 8.07. The van der Waals surface area contributed by atoms with Crippen LogP contribution in [0.2, 0.25) is 0 Å². The Balaban J connectivity index is 1.99. The smallest absolute Gasteiger partial charge is 0.124 e. The van der Waals surface area contributed by atoms with Gasteiger partial charge in [0.05, 0.1) is 17.1 Å². The Morgan fingerprint density at radius 1 is 1.44 bits per heavy atom. The largest absolute Gasteiger partial charge is 0.341 e. The summed E-state index contributed by atoms with van der Waals surface area (Å²) in [7, 11) is 0. The standard InChI is InChI=1S/C12H14IN3/c1-7-4-11(14-6-7)12-15-9-3-2-8(13)5-10(9)16-12/h2-3,5,7,11,14H,4,6H2,1H3,(H,15,16). The first-order valence-corrected chi connectivity index (χ1v) is 6.69. The van der Waals surface area contributed by atoms with E-state index in [4.69, 9.17) is 0 Å². The summed E-state index contributed by atoms with van der Waals surface area (Å²) in [5.41, 5.74) is 2.21. The molecule has 0 radical (unpaired) electrons. The van der Waals surface area contributed by atoms with Crippen molar-refractivity contribution < 1.29 is 0 Å². The lowest BCUT2D eigenvalue weighted by atomic mass is 10.1. The van der Waals surface area contributed by atoms with Crippen molar-refractivity contribution in [2.75, 3.05) is 6.54 Å². The lowest BCUT2D eigenvalue weighted by molar-refractivity contribution is 0.589. The fraction of sp³-hybridized carbons (Fsp3) is 0.417. The molecule has 4 heteroatoms. The molecule has 1 aromatic carbocycles. The Kier molecular flexibility index (Phi) is 2.63. The fourth-order valence-corrected chi connectivity index (χ4v) is 2.78. The molecule has 2 unspecified atom stereocenters. The van der Waals surface area contributed by atoms with Gasteiger partial charge in [-0.15, -0.1) is 0 Å². The third-order valence-corrected chi connectivity index (χ3v) is 3.81. The Morgan fingerprint density at radius 2 is 2.31 bits per heavy atom. The molecule has 3 rings (SSSR count). The summed E-state index contributed by atoms with van der Waals surface area (Å²) in [6.07, 6.45) is 1.18. The van der Waals surface area contributed by atoms with Gasteiger partial charge in [0, 0.05) is 3.57 Å². The van der Waals surface area contributed by atoms with E-state index in [-0.39, 0.29) is 0 Å². The van der Waals surface area contributed by atoms with Crippen molar-refractivity contribution in [3.63, 3.8) is 0 Å². The zero-order valence-electron chi connectivity index (χ0n) is 9.13. The number of nitrogens with zero attached hydrogens (tertiary/aromatic N) is 1. The first kappa shape index (κ1) is 10.5. The van der Waals surface area contributed by atoms with Crippen molar-refractivity contribution in [1.82, 2.24) is 15.3 Å². The van der Waals surface area contributed by atoms with Crippen LogP contribution in [0.3, 0.4) is 0 Å². The van der Waals surface area contributed by atoms with Gasteiger partial charge in [0.25, 0.3) is 0 Å². The predicted molar refractivity (Wildman–Crippen MR) is 73.3 cm³/mol. The van der Waals surface area contributed by atoms with Crippen LogP contribution in [0.5, 0.6) is 0 Å². The van der Waals surface area contributed by atoms with Crippen molar-refractivity contribution in [1.29, 1.82) is 0 Å². The van der Waals surface area contributed by atoms with Crippen LogP contribution in [0.1, 0.15) is 25.2 Å². The van der Waals surface area contributed by atoms with E-state index in [1.165, 1.54) is 9.99 Å². The average Bonchev–Trinajstić information content (AvgIpc) is 2.83. The van der Waals surface area contributed by atoms with Crippen molar-refractivity contribution in [2.24, 2.45) is 5.92 Å². The molecule has 0 bridgehead atoms.